The lowest BCUT2D eigenvalue weighted by Gasteiger charge is -2.07. The summed E-state index contributed by atoms with van der Waals surface area (Å²) in [5.74, 6) is -0.465. The average Bonchev–Trinajstić information content (AvgIpc) is 2.45. The topological polar surface area (TPSA) is 61.5 Å². The lowest BCUT2D eigenvalue weighted by molar-refractivity contribution is -0.139. The van der Waals surface area contributed by atoms with E-state index in [0.29, 0.717) is 13.2 Å². The molecule has 2 N–H and O–H groups in total. The number of esters is 1. The maximum absolute atomic E-state index is 11.4. The van der Waals surface area contributed by atoms with Crippen LogP contribution in [0.3, 0.4) is 0 Å². The van der Waals surface area contributed by atoms with Gasteiger partial charge in [0.05, 0.1) is 18.8 Å². The van der Waals surface area contributed by atoms with E-state index in [2.05, 4.69) is 13.2 Å². The third-order valence-corrected chi connectivity index (χ3v) is 2.40. The Morgan fingerprint density at radius 2 is 2.00 bits per heavy atom. The number of carbonyl (C=O) groups excluding carboxylic acids is 1. The van der Waals surface area contributed by atoms with Gasteiger partial charge in [-0.05, 0) is 11.1 Å². The van der Waals surface area contributed by atoms with Crippen LogP contribution in [0.2, 0.25) is 0 Å². The Labute approximate surface area is 113 Å². The van der Waals surface area contributed by atoms with Crippen LogP contribution >= 0.6 is 0 Å². The first-order chi connectivity index (χ1) is 9.17. The lowest BCUT2D eigenvalue weighted by atomic mass is 10.1. The van der Waals surface area contributed by atoms with Crippen molar-refractivity contribution in [2.24, 2.45) is 5.73 Å². The molecule has 0 amide bonds. The Kier molecular flexibility index (Phi) is 6.57. The van der Waals surface area contributed by atoms with Gasteiger partial charge in [-0.15, -0.1) is 0 Å². The van der Waals surface area contributed by atoms with Crippen molar-refractivity contribution >= 4 is 12.0 Å². The summed E-state index contributed by atoms with van der Waals surface area (Å²) in [6.07, 6.45) is 1.78. The normalized spacial score (nSPS) is 9.95. The summed E-state index contributed by atoms with van der Waals surface area (Å²) in [5.41, 5.74) is 7.60. The lowest BCUT2D eigenvalue weighted by Crippen LogP contribution is -2.16. The quantitative estimate of drug-likeness (QED) is 0.573. The molecule has 1 rings (SSSR count). The van der Waals surface area contributed by atoms with Gasteiger partial charge in [-0.3, -0.25) is 0 Å². The largest absolute Gasteiger partial charge is 0.461 e. The van der Waals surface area contributed by atoms with Gasteiger partial charge in [0.1, 0.15) is 6.61 Å². The van der Waals surface area contributed by atoms with Crippen LogP contribution in [0.1, 0.15) is 11.1 Å². The first kappa shape index (κ1) is 15.1. The van der Waals surface area contributed by atoms with E-state index in [-0.39, 0.29) is 18.8 Å². The molecule has 0 aromatic heterocycles. The smallest absolute Gasteiger partial charge is 0.335 e. The highest BCUT2D eigenvalue weighted by atomic mass is 16.5. The van der Waals surface area contributed by atoms with Crippen LogP contribution in [0.5, 0.6) is 0 Å². The van der Waals surface area contributed by atoms with Crippen LogP contribution in [0, 0.1) is 0 Å². The Morgan fingerprint density at radius 1 is 1.32 bits per heavy atom. The molecule has 4 heteroatoms. The molecule has 0 aliphatic heterocycles. The van der Waals surface area contributed by atoms with Crippen LogP contribution in [0.15, 0.2) is 43.0 Å². The minimum absolute atomic E-state index is 0.145. The molecule has 19 heavy (non-hydrogen) atoms. The molecule has 0 aliphatic carbocycles. The highest BCUT2D eigenvalue weighted by Crippen LogP contribution is 2.07. The zero-order valence-electron chi connectivity index (χ0n) is 10.9. The van der Waals surface area contributed by atoms with Crippen LogP contribution < -0.4 is 5.73 Å². The predicted molar refractivity (Wildman–Crippen MR) is 75.3 cm³/mol. The molecule has 0 bridgehead atoms. The van der Waals surface area contributed by atoms with Gasteiger partial charge >= 0.3 is 5.97 Å². The van der Waals surface area contributed by atoms with E-state index in [1.165, 1.54) is 0 Å². The van der Waals surface area contributed by atoms with Gasteiger partial charge in [0.2, 0.25) is 0 Å². The molecular formula is C15H19NO3. The Morgan fingerprint density at radius 3 is 2.58 bits per heavy atom. The third kappa shape index (κ3) is 5.50. The van der Waals surface area contributed by atoms with Crippen molar-refractivity contribution in [1.29, 1.82) is 0 Å². The average molecular weight is 261 g/mol. The van der Waals surface area contributed by atoms with Crippen molar-refractivity contribution in [3.8, 4) is 0 Å². The molecule has 0 atom stereocenters. The van der Waals surface area contributed by atoms with Gasteiger partial charge in [-0.1, -0.05) is 43.5 Å². The van der Waals surface area contributed by atoms with Crippen LogP contribution in [0.4, 0.5) is 0 Å². The first-order valence-corrected chi connectivity index (χ1v) is 6.01. The number of rotatable bonds is 8. The summed E-state index contributed by atoms with van der Waals surface area (Å²) in [5, 5.41) is 0. The standard InChI is InChI=1S/C15H19NO3/c1-3-13-4-6-14(7-5-13)11-18-10-12(2)15(17)19-9-8-16/h3-7H,1-2,8-11,16H2. The van der Waals surface area contributed by atoms with Gasteiger partial charge in [0.25, 0.3) is 0 Å². The van der Waals surface area contributed by atoms with Gasteiger partial charge in [-0.25, -0.2) is 4.79 Å². The van der Waals surface area contributed by atoms with E-state index in [1.807, 2.05) is 24.3 Å². The highest BCUT2D eigenvalue weighted by Gasteiger charge is 2.08. The van der Waals surface area contributed by atoms with E-state index in [9.17, 15) is 4.79 Å². The monoisotopic (exact) mass is 261 g/mol. The maximum Gasteiger partial charge on any atom is 0.335 e. The van der Waals surface area contributed by atoms with Crippen molar-refractivity contribution in [3.63, 3.8) is 0 Å². The van der Waals surface area contributed by atoms with Crippen LogP contribution in [-0.4, -0.2) is 25.7 Å². The fraction of sp³-hybridized carbons (Fsp3) is 0.267. The van der Waals surface area contributed by atoms with Crippen LogP contribution in [-0.2, 0) is 20.9 Å². The van der Waals surface area contributed by atoms with Gasteiger partial charge in [-0.2, -0.15) is 0 Å². The fourth-order valence-electron chi connectivity index (χ4n) is 1.35. The van der Waals surface area contributed by atoms with Crippen molar-refractivity contribution < 1.29 is 14.3 Å². The van der Waals surface area contributed by atoms with E-state index in [1.54, 1.807) is 6.08 Å². The SMILES string of the molecule is C=Cc1ccc(COCC(=C)C(=O)OCCN)cc1. The fourth-order valence-corrected chi connectivity index (χ4v) is 1.35. The number of ether oxygens (including phenoxy) is 2. The molecule has 102 valence electrons. The molecule has 0 radical (unpaired) electrons. The summed E-state index contributed by atoms with van der Waals surface area (Å²) >= 11 is 0. The number of hydrogen-bond donors (Lipinski definition) is 1. The first-order valence-electron chi connectivity index (χ1n) is 6.01. The summed E-state index contributed by atoms with van der Waals surface area (Å²) in [6.45, 7) is 8.36. The van der Waals surface area contributed by atoms with Gasteiger partial charge in [0, 0.05) is 6.54 Å². The van der Waals surface area contributed by atoms with Crippen molar-refractivity contribution in [3.05, 3.63) is 54.1 Å². The van der Waals surface area contributed by atoms with Crippen LogP contribution in [0.25, 0.3) is 6.08 Å². The number of nitrogens with two attached hydrogens (primary N) is 1. The molecule has 0 spiro atoms. The van der Waals surface area contributed by atoms with Gasteiger partial charge in [0.15, 0.2) is 0 Å². The molecule has 0 fully saturated rings. The summed E-state index contributed by atoms with van der Waals surface area (Å²) in [7, 11) is 0. The number of hydrogen-bond acceptors (Lipinski definition) is 4. The molecule has 0 aliphatic rings. The van der Waals surface area contributed by atoms with Crippen molar-refractivity contribution in [1.82, 2.24) is 0 Å². The van der Waals surface area contributed by atoms with E-state index in [4.69, 9.17) is 15.2 Å². The number of benzene rings is 1. The summed E-state index contributed by atoms with van der Waals surface area (Å²) in [4.78, 5) is 11.4. The molecule has 0 saturated carbocycles. The number of carbonyl (C=O) groups is 1. The van der Waals surface area contributed by atoms with E-state index in [0.717, 1.165) is 11.1 Å². The van der Waals surface area contributed by atoms with Gasteiger partial charge < -0.3 is 15.2 Å². The zero-order chi connectivity index (χ0) is 14.1. The van der Waals surface area contributed by atoms with E-state index >= 15 is 0 Å². The third-order valence-electron chi connectivity index (χ3n) is 2.40. The zero-order valence-corrected chi connectivity index (χ0v) is 10.9. The minimum atomic E-state index is -0.465. The molecule has 0 heterocycles. The summed E-state index contributed by atoms with van der Waals surface area (Å²) in [6, 6.07) is 7.81. The second-order valence-corrected chi connectivity index (χ2v) is 3.97. The maximum atomic E-state index is 11.4. The Balaban J connectivity index is 2.30. The van der Waals surface area contributed by atoms with E-state index < -0.39 is 5.97 Å². The minimum Gasteiger partial charge on any atom is -0.461 e. The highest BCUT2D eigenvalue weighted by molar-refractivity contribution is 5.87. The van der Waals surface area contributed by atoms with Crippen molar-refractivity contribution in [2.75, 3.05) is 19.8 Å². The molecule has 4 nitrogen and oxygen atoms in total. The second kappa shape index (κ2) is 8.24. The summed E-state index contributed by atoms with van der Waals surface area (Å²) < 4.78 is 10.2. The second-order valence-electron chi connectivity index (χ2n) is 3.97. The molecule has 1 aromatic carbocycles. The Hall–Kier alpha value is -1.91. The Bertz CT molecular complexity index is 437. The molecular weight excluding hydrogens is 242 g/mol. The molecule has 0 saturated heterocycles. The van der Waals surface area contributed by atoms with Crippen molar-refractivity contribution in [2.45, 2.75) is 6.61 Å². The molecule has 0 unspecified atom stereocenters. The molecule has 1 aromatic rings. The predicted octanol–water partition coefficient (Wildman–Crippen LogP) is 1.90.